The van der Waals surface area contributed by atoms with Crippen LogP contribution in [0.4, 0.5) is 10.5 Å². The number of aromatic nitrogens is 1. The molecule has 0 spiro atoms. The predicted molar refractivity (Wildman–Crippen MR) is 142 cm³/mol. The maximum absolute atomic E-state index is 13.4. The summed E-state index contributed by atoms with van der Waals surface area (Å²) in [6, 6.07) is 14.8. The van der Waals surface area contributed by atoms with Crippen molar-refractivity contribution >= 4 is 45.5 Å². The van der Waals surface area contributed by atoms with Gasteiger partial charge in [-0.3, -0.25) is 14.9 Å². The van der Waals surface area contributed by atoms with Crippen molar-refractivity contribution < 1.29 is 14.4 Å². The van der Waals surface area contributed by atoms with Crippen LogP contribution in [-0.4, -0.2) is 22.4 Å². The Balaban J connectivity index is 1.74. The molecule has 4 amide bonds. The molecule has 0 unspecified atom stereocenters. The summed E-state index contributed by atoms with van der Waals surface area (Å²) in [6.45, 7) is 12.3. The van der Waals surface area contributed by atoms with Crippen molar-refractivity contribution in [1.29, 1.82) is 0 Å². The molecule has 35 heavy (non-hydrogen) atoms. The van der Waals surface area contributed by atoms with Crippen LogP contribution in [0.2, 0.25) is 0 Å². The second-order valence-corrected chi connectivity index (χ2v) is 10.8. The fourth-order valence-corrected chi connectivity index (χ4v) is 4.82. The minimum atomic E-state index is -0.757. The third kappa shape index (κ3) is 4.60. The first kappa shape index (κ1) is 24.7. The zero-order valence-corrected chi connectivity index (χ0v) is 22.3. The third-order valence-corrected chi connectivity index (χ3v) is 6.76. The van der Waals surface area contributed by atoms with E-state index in [1.54, 1.807) is 25.1 Å². The normalized spacial score (nSPS) is 15.7. The van der Waals surface area contributed by atoms with E-state index in [4.69, 9.17) is 0 Å². The molecule has 6 nitrogen and oxygen atoms in total. The van der Waals surface area contributed by atoms with Crippen LogP contribution in [-0.2, 0) is 15.0 Å². The van der Waals surface area contributed by atoms with Crippen LogP contribution in [0, 0.1) is 20.8 Å². The van der Waals surface area contributed by atoms with Crippen molar-refractivity contribution in [2.24, 2.45) is 0 Å². The Morgan fingerprint density at radius 1 is 0.914 bits per heavy atom. The van der Waals surface area contributed by atoms with Crippen LogP contribution in [0.1, 0.15) is 48.8 Å². The predicted octanol–water partition coefficient (Wildman–Crippen LogP) is 6.13. The highest BCUT2D eigenvalue weighted by Crippen LogP contribution is 2.30. The maximum atomic E-state index is 13.4. The minimum absolute atomic E-state index is 0.0556. The Labute approximate surface area is 213 Å². The zero-order chi connectivity index (χ0) is 25.7. The summed E-state index contributed by atoms with van der Waals surface area (Å²) in [5.41, 5.74) is 5.97. The van der Waals surface area contributed by atoms with Gasteiger partial charge in [-0.15, -0.1) is 0 Å². The first-order chi connectivity index (χ1) is 16.4. The van der Waals surface area contributed by atoms with Crippen LogP contribution in [0.25, 0.3) is 11.8 Å². The molecule has 3 aromatic rings. The van der Waals surface area contributed by atoms with Gasteiger partial charge in [0.15, 0.2) is 0 Å². The zero-order valence-electron chi connectivity index (χ0n) is 20.7. The van der Waals surface area contributed by atoms with Crippen molar-refractivity contribution in [3.63, 3.8) is 0 Å². The number of carbonyl (C=O) groups excluding carboxylic acids is 3. The molecular formula is C28H28BrN3O3. The number of anilines is 1. The van der Waals surface area contributed by atoms with Crippen LogP contribution in [0.5, 0.6) is 0 Å². The van der Waals surface area contributed by atoms with Crippen molar-refractivity contribution in [3.05, 3.63) is 86.7 Å². The van der Waals surface area contributed by atoms with E-state index in [9.17, 15) is 14.4 Å². The summed E-state index contributed by atoms with van der Waals surface area (Å²) in [6.07, 6.45) is 1.56. The summed E-state index contributed by atoms with van der Waals surface area (Å²) in [7, 11) is 0. The summed E-state index contributed by atoms with van der Waals surface area (Å²) in [5, 5.41) is 2.30. The number of carbonyl (C=O) groups is 3. The largest absolute Gasteiger partial charge is 0.335 e. The molecule has 0 radical (unpaired) electrons. The summed E-state index contributed by atoms with van der Waals surface area (Å²) in [5.74, 6) is -1.35. The quantitative estimate of drug-likeness (QED) is 0.325. The highest BCUT2D eigenvalue weighted by molar-refractivity contribution is 9.10. The average molecular weight is 534 g/mol. The Kier molecular flexibility index (Phi) is 6.32. The molecule has 1 aromatic heterocycles. The van der Waals surface area contributed by atoms with Crippen LogP contribution >= 0.6 is 15.9 Å². The monoisotopic (exact) mass is 533 g/mol. The molecule has 4 rings (SSSR count). The van der Waals surface area contributed by atoms with Crippen molar-refractivity contribution in [1.82, 2.24) is 9.88 Å². The lowest BCUT2D eigenvalue weighted by molar-refractivity contribution is -0.122. The van der Waals surface area contributed by atoms with Gasteiger partial charge in [0.05, 0.1) is 5.69 Å². The number of barbiturate groups is 1. The van der Waals surface area contributed by atoms with E-state index in [0.717, 1.165) is 37.6 Å². The summed E-state index contributed by atoms with van der Waals surface area (Å²) in [4.78, 5) is 39.6. The van der Waals surface area contributed by atoms with Gasteiger partial charge in [0.2, 0.25) is 0 Å². The number of aryl methyl sites for hydroxylation is 2. The van der Waals surface area contributed by atoms with Crippen LogP contribution in [0.15, 0.2) is 58.6 Å². The van der Waals surface area contributed by atoms with Crippen LogP contribution < -0.4 is 10.2 Å². The lowest BCUT2D eigenvalue weighted by Crippen LogP contribution is -2.54. The molecule has 0 saturated carbocycles. The lowest BCUT2D eigenvalue weighted by atomic mass is 9.87. The van der Waals surface area contributed by atoms with E-state index in [1.807, 2.05) is 26.0 Å². The van der Waals surface area contributed by atoms with E-state index in [1.165, 1.54) is 5.56 Å². The van der Waals surface area contributed by atoms with Gasteiger partial charge in [-0.2, -0.15) is 0 Å². The first-order valence-electron chi connectivity index (χ1n) is 11.4. The second-order valence-electron chi connectivity index (χ2n) is 9.85. The minimum Gasteiger partial charge on any atom is -0.318 e. The second kappa shape index (κ2) is 8.96. The molecule has 0 atom stereocenters. The Hall–Kier alpha value is -3.45. The topological polar surface area (TPSA) is 71.4 Å². The number of amides is 4. The van der Waals surface area contributed by atoms with Gasteiger partial charge < -0.3 is 4.57 Å². The Morgan fingerprint density at radius 2 is 1.57 bits per heavy atom. The highest BCUT2D eigenvalue weighted by atomic mass is 79.9. The highest BCUT2D eigenvalue weighted by Gasteiger charge is 2.37. The van der Waals surface area contributed by atoms with Gasteiger partial charge in [-0.25, -0.2) is 9.69 Å². The third-order valence-electron chi connectivity index (χ3n) is 6.26. The molecule has 7 heteroatoms. The number of hydrogen-bond donors (Lipinski definition) is 1. The van der Waals surface area contributed by atoms with E-state index in [-0.39, 0.29) is 11.0 Å². The van der Waals surface area contributed by atoms with Crippen molar-refractivity contribution in [3.8, 4) is 5.69 Å². The maximum Gasteiger partial charge on any atom is 0.335 e. The number of benzene rings is 2. The lowest BCUT2D eigenvalue weighted by Gasteiger charge is -2.27. The number of hydrogen-bond acceptors (Lipinski definition) is 3. The van der Waals surface area contributed by atoms with Crippen molar-refractivity contribution in [2.75, 3.05) is 4.90 Å². The fraction of sp³-hybridized carbons (Fsp3) is 0.250. The number of nitrogens with zero attached hydrogens (tertiary/aromatic N) is 2. The number of nitrogens with one attached hydrogen (secondary N) is 1. The molecule has 2 aromatic carbocycles. The molecule has 1 N–H and O–H groups in total. The van der Waals surface area contributed by atoms with Gasteiger partial charge in [0.1, 0.15) is 5.57 Å². The Bertz CT molecular complexity index is 1390. The molecule has 1 aliphatic rings. The fourth-order valence-electron chi connectivity index (χ4n) is 4.34. The Morgan fingerprint density at radius 3 is 2.17 bits per heavy atom. The molecule has 1 fully saturated rings. The number of rotatable bonds is 3. The molecule has 1 saturated heterocycles. The van der Waals surface area contributed by atoms with Gasteiger partial charge in [0, 0.05) is 21.5 Å². The standard InChI is InChI=1S/C28H28BrN3O3/c1-16-13-21(29)9-12-24(16)32-26(34)23(25(33)30-27(32)35)15-19-14-17(2)31(18(19)3)22-10-7-20(8-11-22)28(4,5)6/h7-15H,1-6H3,(H,30,33,35)/b23-15+. The molecule has 0 bridgehead atoms. The van der Waals surface area contributed by atoms with Gasteiger partial charge in [-0.05, 0) is 85.4 Å². The van der Waals surface area contributed by atoms with Gasteiger partial charge in [0.25, 0.3) is 11.8 Å². The van der Waals surface area contributed by atoms with E-state index >= 15 is 0 Å². The molecular weight excluding hydrogens is 506 g/mol. The number of imide groups is 2. The van der Waals surface area contributed by atoms with Crippen LogP contribution in [0.3, 0.4) is 0 Å². The number of urea groups is 1. The molecule has 2 heterocycles. The first-order valence-corrected chi connectivity index (χ1v) is 12.2. The van der Waals surface area contributed by atoms with E-state index in [0.29, 0.717) is 5.69 Å². The average Bonchev–Trinajstić information content (AvgIpc) is 3.04. The van der Waals surface area contributed by atoms with E-state index in [2.05, 4.69) is 70.9 Å². The SMILES string of the molecule is Cc1cc(Br)ccc1N1C(=O)NC(=O)/C(=C\c2cc(C)n(-c3ccc(C(C)(C)C)cc3)c2C)C1=O. The van der Waals surface area contributed by atoms with Gasteiger partial charge in [-0.1, -0.05) is 48.8 Å². The number of halogens is 1. The van der Waals surface area contributed by atoms with E-state index < -0.39 is 17.8 Å². The molecule has 180 valence electrons. The summed E-state index contributed by atoms with van der Waals surface area (Å²) >= 11 is 3.39. The van der Waals surface area contributed by atoms with Crippen molar-refractivity contribution in [2.45, 2.75) is 47.0 Å². The molecule has 0 aliphatic carbocycles. The van der Waals surface area contributed by atoms with Gasteiger partial charge >= 0.3 is 6.03 Å². The smallest absolute Gasteiger partial charge is 0.318 e. The summed E-state index contributed by atoms with van der Waals surface area (Å²) < 4.78 is 2.92. The molecule has 1 aliphatic heterocycles.